The Morgan fingerprint density at radius 2 is 2.00 bits per heavy atom. The second-order valence-corrected chi connectivity index (χ2v) is 3.12. The number of carbonyl (C=O) groups excluding carboxylic acids is 1. The molecule has 80 valence electrons. The molecule has 14 heavy (non-hydrogen) atoms. The Hall–Kier alpha value is -1.01. The van der Waals surface area contributed by atoms with E-state index in [2.05, 4.69) is 16.6 Å². The smallest absolute Gasteiger partial charge is 0.303 e. The van der Waals surface area contributed by atoms with Gasteiger partial charge in [0.15, 0.2) is 6.61 Å². The Morgan fingerprint density at radius 1 is 1.43 bits per heavy atom. The maximum absolute atomic E-state index is 10.4. The van der Waals surface area contributed by atoms with Gasteiger partial charge in [0, 0.05) is 6.92 Å². The molecule has 0 aliphatic heterocycles. The quantitative estimate of drug-likeness (QED) is 0.548. The highest BCUT2D eigenvalue weighted by Gasteiger charge is 2.11. The van der Waals surface area contributed by atoms with Crippen LogP contribution in [0.4, 0.5) is 0 Å². The summed E-state index contributed by atoms with van der Waals surface area (Å²) in [5, 5.41) is 9.56. The highest BCUT2D eigenvalue weighted by Crippen LogP contribution is 2.11. The highest BCUT2D eigenvalue weighted by atomic mass is 16.5. The monoisotopic (exact) mass is 198 g/mol. The van der Waals surface area contributed by atoms with Gasteiger partial charge in [0.05, 0.1) is 0 Å². The van der Waals surface area contributed by atoms with E-state index in [1.54, 1.807) is 0 Å². The molecule has 3 nitrogen and oxygen atoms in total. The van der Waals surface area contributed by atoms with Crippen molar-refractivity contribution in [2.45, 2.75) is 39.7 Å². The molecule has 0 aromatic rings. The molecule has 0 bridgehead atoms. The molecule has 1 atom stereocenters. The Bertz CT molecular complexity index is 220. The fraction of sp³-hybridized carbons (Fsp3) is 0.727. The van der Waals surface area contributed by atoms with Crippen molar-refractivity contribution in [1.29, 1.82) is 0 Å². The third-order valence-electron chi connectivity index (χ3n) is 2.09. The lowest BCUT2D eigenvalue weighted by Gasteiger charge is -2.13. The van der Waals surface area contributed by atoms with E-state index < -0.39 is 6.10 Å². The molecule has 0 spiro atoms. The van der Waals surface area contributed by atoms with Crippen LogP contribution in [-0.4, -0.2) is 23.8 Å². The third kappa shape index (κ3) is 5.60. The molecular weight excluding hydrogens is 180 g/mol. The summed E-state index contributed by atoms with van der Waals surface area (Å²) in [6, 6.07) is 0. The largest absolute Gasteiger partial charge is 0.453 e. The van der Waals surface area contributed by atoms with Crippen molar-refractivity contribution in [3.05, 3.63) is 0 Å². The topological polar surface area (TPSA) is 46.5 Å². The highest BCUT2D eigenvalue weighted by molar-refractivity contribution is 5.66. The van der Waals surface area contributed by atoms with Crippen LogP contribution in [0.2, 0.25) is 0 Å². The van der Waals surface area contributed by atoms with E-state index in [4.69, 9.17) is 0 Å². The van der Waals surface area contributed by atoms with Gasteiger partial charge in [-0.05, 0) is 18.8 Å². The Morgan fingerprint density at radius 3 is 2.43 bits per heavy atom. The SMILES string of the molecule is CCC(CC)[C@@H](O)C#CCOC(C)=O. The van der Waals surface area contributed by atoms with E-state index in [0.717, 1.165) is 12.8 Å². The number of esters is 1. The van der Waals surface area contributed by atoms with Crippen LogP contribution in [0.5, 0.6) is 0 Å². The number of aliphatic hydroxyl groups excluding tert-OH is 1. The predicted octanol–water partition coefficient (Wildman–Crippen LogP) is 1.35. The van der Waals surface area contributed by atoms with Gasteiger partial charge < -0.3 is 9.84 Å². The van der Waals surface area contributed by atoms with Crippen LogP contribution >= 0.6 is 0 Å². The van der Waals surface area contributed by atoms with Crippen molar-refractivity contribution in [2.24, 2.45) is 5.92 Å². The van der Waals surface area contributed by atoms with Crippen molar-refractivity contribution in [2.75, 3.05) is 6.61 Å². The molecule has 0 radical (unpaired) electrons. The van der Waals surface area contributed by atoms with Gasteiger partial charge in [0.2, 0.25) is 0 Å². The molecular formula is C11H18O3. The lowest BCUT2D eigenvalue weighted by molar-refractivity contribution is -0.139. The lowest BCUT2D eigenvalue weighted by atomic mass is 9.97. The normalized spacial score (nSPS) is 11.8. The van der Waals surface area contributed by atoms with Gasteiger partial charge in [0.1, 0.15) is 6.10 Å². The molecule has 1 N–H and O–H groups in total. The van der Waals surface area contributed by atoms with Crippen molar-refractivity contribution in [3.63, 3.8) is 0 Å². The summed E-state index contributed by atoms with van der Waals surface area (Å²) in [5.41, 5.74) is 0. The van der Waals surface area contributed by atoms with Crippen LogP contribution in [0.25, 0.3) is 0 Å². The molecule has 0 rings (SSSR count). The van der Waals surface area contributed by atoms with Crippen LogP contribution < -0.4 is 0 Å². The molecule has 0 amide bonds. The fourth-order valence-corrected chi connectivity index (χ4v) is 1.14. The molecule has 0 saturated heterocycles. The first kappa shape index (κ1) is 13.0. The van der Waals surface area contributed by atoms with Crippen LogP contribution in [0.3, 0.4) is 0 Å². The molecule has 0 aliphatic rings. The summed E-state index contributed by atoms with van der Waals surface area (Å²) in [5.74, 6) is 5.15. The molecule has 0 fully saturated rings. The van der Waals surface area contributed by atoms with Gasteiger partial charge in [-0.3, -0.25) is 4.79 Å². The zero-order valence-electron chi connectivity index (χ0n) is 9.04. The molecule has 0 unspecified atom stereocenters. The standard InChI is InChI=1S/C11H18O3/c1-4-10(5-2)11(13)7-6-8-14-9(3)12/h10-11,13H,4-5,8H2,1-3H3/t11-/m0/s1. The van der Waals surface area contributed by atoms with Crippen LogP contribution in [-0.2, 0) is 9.53 Å². The zero-order chi connectivity index (χ0) is 11.0. The van der Waals surface area contributed by atoms with Crippen molar-refractivity contribution >= 4 is 5.97 Å². The van der Waals surface area contributed by atoms with E-state index in [0.29, 0.717) is 0 Å². The van der Waals surface area contributed by atoms with Crippen LogP contribution in [0, 0.1) is 17.8 Å². The molecule has 3 heteroatoms. The van der Waals surface area contributed by atoms with E-state index in [1.807, 2.05) is 13.8 Å². The molecule has 0 heterocycles. The minimum Gasteiger partial charge on any atom is -0.453 e. The molecule has 0 aromatic heterocycles. The first-order valence-electron chi connectivity index (χ1n) is 4.91. The summed E-state index contributed by atoms with van der Waals surface area (Å²) >= 11 is 0. The number of rotatable bonds is 4. The van der Waals surface area contributed by atoms with Gasteiger partial charge in [-0.1, -0.05) is 25.7 Å². The van der Waals surface area contributed by atoms with Crippen LogP contribution in [0.15, 0.2) is 0 Å². The Balaban J connectivity index is 3.89. The number of aliphatic hydroxyl groups is 1. The lowest BCUT2D eigenvalue weighted by Crippen LogP contribution is -2.17. The first-order chi connectivity index (χ1) is 6.61. The van der Waals surface area contributed by atoms with Gasteiger partial charge in [-0.25, -0.2) is 0 Å². The molecule has 0 aromatic carbocycles. The maximum atomic E-state index is 10.4. The van der Waals surface area contributed by atoms with E-state index in [1.165, 1.54) is 6.92 Å². The molecule has 0 aliphatic carbocycles. The average Bonchev–Trinajstić information content (AvgIpc) is 2.14. The fourth-order valence-electron chi connectivity index (χ4n) is 1.14. The number of ether oxygens (including phenoxy) is 1. The second-order valence-electron chi connectivity index (χ2n) is 3.12. The maximum Gasteiger partial charge on any atom is 0.303 e. The Labute approximate surface area is 85.5 Å². The first-order valence-corrected chi connectivity index (χ1v) is 4.91. The number of hydrogen-bond acceptors (Lipinski definition) is 3. The summed E-state index contributed by atoms with van der Waals surface area (Å²) in [6.07, 6.45) is 1.19. The van der Waals surface area contributed by atoms with E-state index in [9.17, 15) is 9.90 Å². The van der Waals surface area contributed by atoms with Crippen LogP contribution in [0.1, 0.15) is 33.6 Å². The predicted molar refractivity (Wildman–Crippen MR) is 54.5 cm³/mol. The summed E-state index contributed by atoms with van der Waals surface area (Å²) in [7, 11) is 0. The second kappa shape index (κ2) is 7.40. The van der Waals surface area contributed by atoms with Gasteiger partial charge in [-0.15, -0.1) is 0 Å². The van der Waals surface area contributed by atoms with Crippen molar-refractivity contribution in [1.82, 2.24) is 0 Å². The van der Waals surface area contributed by atoms with Gasteiger partial charge >= 0.3 is 5.97 Å². The van der Waals surface area contributed by atoms with Crippen molar-refractivity contribution < 1.29 is 14.6 Å². The zero-order valence-corrected chi connectivity index (χ0v) is 9.04. The van der Waals surface area contributed by atoms with E-state index >= 15 is 0 Å². The third-order valence-corrected chi connectivity index (χ3v) is 2.09. The number of hydrogen-bond donors (Lipinski definition) is 1. The summed E-state index contributed by atoms with van der Waals surface area (Å²) in [4.78, 5) is 10.4. The van der Waals surface area contributed by atoms with Gasteiger partial charge in [0.25, 0.3) is 0 Å². The average molecular weight is 198 g/mol. The van der Waals surface area contributed by atoms with E-state index in [-0.39, 0.29) is 18.5 Å². The number of carbonyl (C=O) groups is 1. The minimum absolute atomic E-state index is 0.0620. The summed E-state index contributed by atoms with van der Waals surface area (Å²) < 4.78 is 4.62. The minimum atomic E-state index is -0.611. The Kier molecular flexibility index (Phi) is 6.87. The van der Waals surface area contributed by atoms with Crippen molar-refractivity contribution in [3.8, 4) is 11.8 Å². The molecule has 0 saturated carbocycles. The summed E-state index contributed by atoms with van der Waals surface area (Å²) in [6.45, 7) is 5.43. The van der Waals surface area contributed by atoms with Gasteiger partial charge in [-0.2, -0.15) is 0 Å².